The van der Waals surface area contributed by atoms with Gasteiger partial charge in [-0.2, -0.15) is 0 Å². The molecule has 0 atom stereocenters. The molecule has 2 fully saturated rings. The van der Waals surface area contributed by atoms with Gasteiger partial charge < -0.3 is 25.2 Å². The molecule has 3 rings (SSSR count). The fraction of sp³-hybridized carbons (Fsp3) is 0.579. The maximum absolute atomic E-state index is 13.7. The second kappa shape index (κ2) is 8.56. The molecule has 2 aliphatic heterocycles. The monoisotopic (exact) mass is 378 g/mol. The topological polar surface area (TPSA) is 73.9 Å². The van der Waals surface area contributed by atoms with E-state index in [9.17, 15) is 14.0 Å². The van der Waals surface area contributed by atoms with Crippen LogP contribution in [0, 0.1) is 5.82 Å². The van der Waals surface area contributed by atoms with Gasteiger partial charge in [-0.05, 0) is 38.8 Å². The number of hydrogen-bond acceptors (Lipinski definition) is 3. The Balaban J connectivity index is 1.60. The second-order valence-corrected chi connectivity index (χ2v) is 7.32. The second-order valence-electron chi connectivity index (χ2n) is 7.32. The van der Waals surface area contributed by atoms with E-state index in [1.54, 1.807) is 17.0 Å². The Hall–Kier alpha value is -2.35. The minimum Gasteiger partial charge on any atom is -0.381 e. The van der Waals surface area contributed by atoms with Crippen molar-refractivity contribution in [3.05, 3.63) is 30.1 Å². The summed E-state index contributed by atoms with van der Waals surface area (Å²) >= 11 is 0. The number of likely N-dealkylation sites (tertiary alicyclic amines) is 1. The minimum atomic E-state index is -0.469. The number of halogens is 1. The van der Waals surface area contributed by atoms with Gasteiger partial charge in [-0.15, -0.1) is 0 Å². The number of nitrogens with one attached hydrogen (secondary N) is 2. The van der Waals surface area contributed by atoms with Crippen molar-refractivity contribution in [3.8, 4) is 0 Å². The van der Waals surface area contributed by atoms with Crippen molar-refractivity contribution in [2.24, 2.45) is 0 Å². The van der Waals surface area contributed by atoms with Crippen molar-refractivity contribution in [3.63, 3.8) is 0 Å². The molecule has 2 heterocycles. The first-order valence-corrected chi connectivity index (χ1v) is 9.42. The van der Waals surface area contributed by atoms with Crippen LogP contribution in [0.4, 0.5) is 19.7 Å². The number of para-hydroxylation sites is 1. The maximum atomic E-state index is 13.7. The molecule has 0 aromatic heterocycles. The summed E-state index contributed by atoms with van der Waals surface area (Å²) in [4.78, 5) is 28.5. The van der Waals surface area contributed by atoms with E-state index in [2.05, 4.69) is 10.6 Å². The molecule has 148 valence electrons. The van der Waals surface area contributed by atoms with Crippen molar-refractivity contribution in [1.82, 2.24) is 15.1 Å². The zero-order chi connectivity index (χ0) is 19.4. The van der Waals surface area contributed by atoms with E-state index in [1.807, 2.05) is 18.7 Å². The molecule has 2 aliphatic rings. The lowest BCUT2D eigenvalue weighted by Crippen LogP contribution is -2.67. The number of nitrogens with zero attached hydrogens (tertiary/aromatic N) is 2. The summed E-state index contributed by atoms with van der Waals surface area (Å²) in [6.07, 6.45) is 1.59. The average Bonchev–Trinajstić information content (AvgIpc) is 2.59. The first-order chi connectivity index (χ1) is 13.0. The van der Waals surface area contributed by atoms with Crippen LogP contribution >= 0.6 is 0 Å². The molecule has 7 nitrogen and oxygen atoms in total. The average molecular weight is 378 g/mol. The van der Waals surface area contributed by atoms with Crippen molar-refractivity contribution in [2.45, 2.75) is 44.8 Å². The fourth-order valence-corrected chi connectivity index (χ4v) is 3.47. The van der Waals surface area contributed by atoms with E-state index in [0.29, 0.717) is 26.3 Å². The Morgan fingerprint density at radius 1 is 1.19 bits per heavy atom. The van der Waals surface area contributed by atoms with Gasteiger partial charge in [0.25, 0.3) is 0 Å². The van der Waals surface area contributed by atoms with Gasteiger partial charge in [0.2, 0.25) is 0 Å². The smallest absolute Gasteiger partial charge is 0.322 e. The first kappa shape index (κ1) is 19.4. The molecule has 0 aliphatic carbocycles. The molecule has 0 spiro atoms. The molecule has 0 saturated carbocycles. The molecule has 4 amide bonds. The van der Waals surface area contributed by atoms with Crippen LogP contribution in [0.5, 0.6) is 0 Å². The van der Waals surface area contributed by atoms with Gasteiger partial charge in [0.15, 0.2) is 0 Å². The third-order valence-corrected chi connectivity index (χ3v) is 4.89. The normalized spacial score (nSPS) is 18.1. The standard InChI is InChI=1S/C19H27FN4O3/c1-13(2)21-19(26)24(14-7-9-27-10-8-14)15-11-23(12-15)18(25)22-17-6-4-3-5-16(17)20/h3-6,13-15H,7-12H2,1-2H3,(H,21,26)(H,22,25). The van der Waals surface area contributed by atoms with Crippen LogP contribution in [0.1, 0.15) is 26.7 Å². The van der Waals surface area contributed by atoms with Crippen LogP contribution in [0.25, 0.3) is 0 Å². The number of rotatable bonds is 4. The molecule has 27 heavy (non-hydrogen) atoms. The summed E-state index contributed by atoms with van der Waals surface area (Å²) in [7, 11) is 0. The van der Waals surface area contributed by atoms with Gasteiger partial charge in [-0.3, -0.25) is 0 Å². The Bertz CT molecular complexity index is 673. The third kappa shape index (κ3) is 4.68. The lowest BCUT2D eigenvalue weighted by molar-refractivity contribution is 0.00368. The lowest BCUT2D eigenvalue weighted by Gasteiger charge is -2.48. The van der Waals surface area contributed by atoms with Crippen molar-refractivity contribution < 1.29 is 18.7 Å². The highest BCUT2D eigenvalue weighted by Gasteiger charge is 2.41. The zero-order valence-electron chi connectivity index (χ0n) is 15.8. The quantitative estimate of drug-likeness (QED) is 0.846. The number of hydrogen-bond donors (Lipinski definition) is 2. The summed E-state index contributed by atoms with van der Waals surface area (Å²) in [5.41, 5.74) is 0.157. The molecular weight excluding hydrogens is 351 g/mol. The lowest BCUT2D eigenvalue weighted by atomic mass is 10.0. The van der Waals surface area contributed by atoms with Crippen molar-refractivity contribution in [2.75, 3.05) is 31.6 Å². The molecule has 0 bridgehead atoms. The predicted octanol–water partition coefficient (Wildman–Crippen LogP) is 2.64. The Morgan fingerprint density at radius 3 is 2.48 bits per heavy atom. The molecule has 0 radical (unpaired) electrons. The molecule has 1 aromatic rings. The zero-order valence-corrected chi connectivity index (χ0v) is 15.8. The number of carbonyl (C=O) groups excluding carboxylic acids is 2. The van der Waals surface area contributed by atoms with Gasteiger partial charge in [-0.1, -0.05) is 12.1 Å². The Kier molecular flexibility index (Phi) is 6.15. The van der Waals surface area contributed by atoms with E-state index >= 15 is 0 Å². The van der Waals surface area contributed by atoms with E-state index in [1.165, 1.54) is 12.1 Å². The molecule has 0 unspecified atom stereocenters. The molecule has 2 N–H and O–H groups in total. The number of anilines is 1. The molecule has 1 aromatic carbocycles. The maximum Gasteiger partial charge on any atom is 0.322 e. The van der Waals surface area contributed by atoms with Gasteiger partial charge in [0.05, 0.1) is 11.7 Å². The number of benzene rings is 1. The highest BCUT2D eigenvalue weighted by atomic mass is 19.1. The van der Waals surface area contributed by atoms with Gasteiger partial charge in [0.1, 0.15) is 5.82 Å². The van der Waals surface area contributed by atoms with Gasteiger partial charge >= 0.3 is 12.1 Å². The predicted molar refractivity (Wildman–Crippen MR) is 100 cm³/mol. The van der Waals surface area contributed by atoms with Crippen molar-refractivity contribution in [1.29, 1.82) is 0 Å². The van der Waals surface area contributed by atoms with Crippen LogP contribution < -0.4 is 10.6 Å². The number of carbonyl (C=O) groups is 2. The van der Waals surface area contributed by atoms with Gasteiger partial charge in [0, 0.05) is 38.4 Å². The summed E-state index contributed by atoms with van der Waals surface area (Å²) in [5.74, 6) is -0.469. The Labute approximate surface area is 158 Å². The third-order valence-electron chi connectivity index (χ3n) is 4.89. The number of urea groups is 2. The van der Waals surface area contributed by atoms with E-state index < -0.39 is 5.82 Å². The minimum absolute atomic E-state index is 0.0420. The van der Waals surface area contributed by atoms with E-state index in [4.69, 9.17) is 4.74 Å². The summed E-state index contributed by atoms with van der Waals surface area (Å²) < 4.78 is 19.1. The first-order valence-electron chi connectivity index (χ1n) is 9.42. The molecule has 8 heteroatoms. The van der Waals surface area contributed by atoms with E-state index in [0.717, 1.165) is 12.8 Å². The molecular formula is C19H27FN4O3. The van der Waals surface area contributed by atoms with Crippen molar-refractivity contribution >= 4 is 17.7 Å². The van der Waals surface area contributed by atoms with Crippen LogP contribution in [-0.2, 0) is 4.74 Å². The number of ether oxygens (including phenoxy) is 1. The van der Waals surface area contributed by atoms with Crippen LogP contribution in [0.3, 0.4) is 0 Å². The summed E-state index contributed by atoms with van der Waals surface area (Å²) in [6.45, 7) is 6.00. The van der Waals surface area contributed by atoms with Gasteiger partial charge in [-0.25, -0.2) is 14.0 Å². The largest absolute Gasteiger partial charge is 0.381 e. The fourth-order valence-electron chi connectivity index (χ4n) is 3.47. The highest BCUT2D eigenvalue weighted by molar-refractivity contribution is 5.90. The molecule has 2 saturated heterocycles. The van der Waals surface area contributed by atoms with Crippen LogP contribution in [0.2, 0.25) is 0 Å². The number of amides is 4. The highest BCUT2D eigenvalue weighted by Crippen LogP contribution is 2.24. The van der Waals surface area contributed by atoms with E-state index in [-0.39, 0.29) is 35.9 Å². The van der Waals surface area contributed by atoms with Crippen LogP contribution in [-0.4, -0.2) is 66.3 Å². The SMILES string of the molecule is CC(C)NC(=O)N(C1CCOCC1)C1CN(C(=O)Nc2ccccc2F)C1. The van der Waals surface area contributed by atoms with Crippen LogP contribution in [0.15, 0.2) is 24.3 Å². The summed E-state index contributed by atoms with van der Waals surface area (Å²) in [5, 5.41) is 5.54. The summed E-state index contributed by atoms with van der Waals surface area (Å²) in [6, 6.07) is 5.72. The Morgan fingerprint density at radius 2 is 1.85 bits per heavy atom.